The Balaban J connectivity index is 1.65. The van der Waals surface area contributed by atoms with Crippen LogP contribution in [0.2, 0.25) is 0 Å². The second kappa shape index (κ2) is 11.3. The van der Waals surface area contributed by atoms with Crippen LogP contribution in [0.3, 0.4) is 0 Å². The summed E-state index contributed by atoms with van der Waals surface area (Å²) in [6.45, 7) is 6.30. The Labute approximate surface area is 213 Å². The van der Waals surface area contributed by atoms with Gasteiger partial charge in [-0.05, 0) is 44.2 Å². The molecule has 2 aromatic rings. The van der Waals surface area contributed by atoms with Crippen molar-refractivity contribution in [3.63, 3.8) is 0 Å². The molecule has 1 aromatic carbocycles. The first-order valence-corrected chi connectivity index (χ1v) is 13.3. The first-order chi connectivity index (χ1) is 17.4. The minimum atomic E-state index is -1.16. The predicted molar refractivity (Wildman–Crippen MR) is 137 cm³/mol. The van der Waals surface area contributed by atoms with Gasteiger partial charge in [-0.2, -0.15) is 5.10 Å². The van der Waals surface area contributed by atoms with Crippen molar-refractivity contribution < 1.29 is 19.1 Å². The van der Waals surface area contributed by atoms with Crippen LogP contribution >= 0.6 is 0 Å². The number of benzene rings is 1. The molecule has 0 saturated heterocycles. The Morgan fingerprint density at radius 1 is 1.06 bits per heavy atom. The molecule has 1 N–H and O–H groups in total. The number of nitrogens with one attached hydrogen (secondary N) is 1. The highest BCUT2D eigenvalue weighted by Crippen LogP contribution is 2.30. The molecular formula is C28H38N4O4. The molecule has 1 atom stereocenters. The van der Waals surface area contributed by atoms with E-state index >= 15 is 0 Å². The molecule has 1 aromatic heterocycles. The number of aromatic nitrogens is 2. The minimum absolute atomic E-state index is 0.0807. The zero-order chi connectivity index (χ0) is 25.7. The fourth-order valence-corrected chi connectivity index (χ4v) is 5.20. The van der Waals surface area contributed by atoms with Gasteiger partial charge >= 0.3 is 5.97 Å². The highest BCUT2D eigenvalue weighted by atomic mass is 16.5. The van der Waals surface area contributed by atoms with Gasteiger partial charge in [0.1, 0.15) is 11.2 Å². The number of nitrogens with zero attached hydrogens (tertiary/aromatic N) is 3. The highest BCUT2D eigenvalue weighted by Gasteiger charge is 2.48. The van der Waals surface area contributed by atoms with E-state index in [1.54, 1.807) is 18.7 Å². The van der Waals surface area contributed by atoms with Crippen molar-refractivity contribution >= 4 is 17.8 Å². The topological polar surface area (TPSA) is 93.5 Å². The number of hydrogen-bond acceptors (Lipinski definition) is 5. The monoisotopic (exact) mass is 494 g/mol. The van der Waals surface area contributed by atoms with Gasteiger partial charge in [0.05, 0.1) is 13.2 Å². The lowest BCUT2D eigenvalue weighted by atomic mass is 9.91. The molecule has 1 aliphatic heterocycles. The third-order valence-electron chi connectivity index (χ3n) is 7.48. The third kappa shape index (κ3) is 5.47. The number of hydrogen-bond donors (Lipinski definition) is 1. The summed E-state index contributed by atoms with van der Waals surface area (Å²) in [6, 6.07) is 9.70. The van der Waals surface area contributed by atoms with Gasteiger partial charge < -0.3 is 15.0 Å². The SMILES string of the molecule is CCOC(=O)c1cc2n(n1)CC(C)(C(=O)NC1CCCCCCC1)N(Cc1ccc(CC)cc1)C2=O. The zero-order valence-electron chi connectivity index (χ0n) is 21.7. The molecule has 2 heterocycles. The van der Waals surface area contributed by atoms with Crippen LogP contribution in [0.1, 0.15) is 97.8 Å². The van der Waals surface area contributed by atoms with Crippen LogP contribution in [-0.4, -0.2) is 50.7 Å². The Morgan fingerprint density at radius 3 is 2.33 bits per heavy atom. The van der Waals surface area contributed by atoms with E-state index in [2.05, 4.69) is 29.5 Å². The van der Waals surface area contributed by atoms with Crippen molar-refractivity contribution in [3.05, 3.63) is 52.8 Å². The number of rotatable bonds is 7. The maximum absolute atomic E-state index is 13.8. The van der Waals surface area contributed by atoms with Crippen LogP contribution < -0.4 is 5.32 Å². The number of ether oxygens (including phenoxy) is 1. The second-order valence-electron chi connectivity index (χ2n) is 10.1. The smallest absolute Gasteiger partial charge is 0.358 e. The number of aryl methyl sites for hydroxylation is 1. The van der Waals surface area contributed by atoms with Gasteiger partial charge in [0.2, 0.25) is 5.91 Å². The fraction of sp³-hybridized carbons (Fsp3) is 0.571. The Bertz CT molecular complexity index is 1090. The average Bonchev–Trinajstić information content (AvgIpc) is 3.28. The zero-order valence-corrected chi connectivity index (χ0v) is 21.7. The van der Waals surface area contributed by atoms with Crippen LogP contribution in [0, 0.1) is 0 Å². The van der Waals surface area contributed by atoms with Gasteiger partial charge in [0.15, 0.2) is 5.69 Å². The molecule has 0 spiro atoms. The molecule has 1 unspecified atom stereocenters. The predicted octanol–water partition coefficient (Wildman–Crippen LogP) is 4.27. The molecule has 2 amide bonds. The number of fused-ring (bicyclic) bond motifs is 1. The van der Waals surface area contributed by atoms with Crippen LogP contribution in [0.15, 0.2) is 30.3 Å². The van der Waals surface area contributed by atoms with Crippen molar-refractivity contribution in [2.75, 3.05) is 6.61 Å². The summed E-state index contributed by atoms with van der Waals surface area (Å²) < 4.78 is 6.58. The maximum atomic E-state index is 13.8. The van der Waals surface area contributed by atoms with Gasteiger partial charge in [-0.15, -0.1) is 0 Å². The summed E-state index contributed by atoms with van der Waals surface area (Å²) in [5, 5.41) is 7.62. The molecule has 4 rings (SSSR count). The summed E-state index contributed by atoms with van der Waals surface area (Å²) in [5.74, 6) is -1.07. The molecule has 1 fully saturated rings. The standard InChI is InChI=1S/C28H38N4O4/c1-4-20-13-15-21(16-14-20)18-31-25(33)24-17-23(26(34)36-5-2)30-32(24)19-28(31,3)27(35)29-22-11-9-7-6-8-10-12-22/h13-17,22H,4-12,18-19H2,1-3H3,(H,29,35). The van der Waals surface area contributed by atoms with Gasteiger partial charge in [-0.3, -0.25) is 14.3 Å². The number of carbonyl (C=O) groups excluding carboxylic acids is 3. The van der Waals surface area contributed by atoms with Crippen LogP contribution in [0.5, 0.6) is 0 Å². The molecule has 2 aliphatic rings. The number of carbonyl (C=O) groups is 3. The number of esters is 1. The van der Waals surface area contributed by atoms with E-state index in [0.29, 0.717) is 5.69 Å². The van der Waals surface area contributed by atoms with Crippen molar-refractivity contribution in [1.29, 1.82) is 0 Å². The lowest BCUT2D eigenvalue weighted by Gasteiger charge is -2.44. The molecule has 8 heteroatoms. The van der Waals surface area contributed by atoms with Crippen molar-refractivity contribution in [2.24, 2.45) is 0 Å². The fourth-order valence-electron chi connectivity index (χ4n) is 5.20. The summed E-state index contributed by atoms with van der Waals surface area (Å²) in [4.78, 5) is 41.6. The van der Waals surface area contributed by atoms with Gasteiger partial charge in [0, 0.05) is 18.7 Å². The molecule has 36 heavy (non-hydrogen) atoms. The lowest BCUT2D eigenvalue weighted by Crippen LogP contribution is -2.64. The van der Waals surface area contributed by atoms with Crippen LogP contribution in [-0.2, 0) is 29.0 Å². The van der Waals surface area contributed by atoms with Crippen molar-refractivity contribution in [1.82, 2.24) is 20.0 Å². The van der Waals surface area contributed by atoms with E-state index < -0.39 is 11.5 Å². The molecule has 0 bridgehead atoms. The Morgan fingerprint density at radius 2 is 1.69 bits per heavy atom. The summed E-state index contributed by atoms with van der Waals surface area (Å²) in [5.41, 5.74) is 1.37. The molecular weight excluding hydrogens is 456 g/mol. The van der Waals surface area contributed by atoms with E-state index in [0.717, 1.165) is 37.7 Å². The van der Waals surface area contributed by atoms with Crippen LogP contribution in [0.4, 0.5) is 0 Å². The first kappa shape index (κ1) is 25.9. The molecule has 194 valence electrons. The molecule has 0 radical (unpaired) electrons. The Hall–Kier alpha value is -3.16. The first-order valence-electron chi connectivity index (χ1n) is 13.3. The van der Waals surface area contributed by atoms with E-state index in [-0.39, 0.29) is 43.2 Å². The molecule has 1 saturated carbocycles. The Kier molecular flexibility index (Phi) is 8.11. The van der Waals surface area contributed by atoms with E-state index in [9.17, 15) is 14.4 Å². The largest absolute Gasteiger partial charge is 0.461 e. The second-order valence-corrected chi connectivity index (χ2v) is 10.1. The third-order valence-corrected chi connectivity index (χ3v) is 7.48. The van der Waals surface area contributed by atoms with E-state index in [1.165, 1.54) is 35.6 Å². The summed E-state index contributed by atoms with van der Waals surface area (Å²) in [6.07, 6.45) is 8.66. The van der Waals surface area contributed by atoms with E-state index in [1.807, 2.05) is 12.1 Å². The van der Waals surface area contributed by atoms with E-state index in [4.69, 9.17) is 4.74 Å². The average molecular weight is 495 g/mol. The van der Waals surface area contributed by atoms with Crippen LogP contribution in [0.25, 0.3) is 0 Å². The lowest BCUT2D eigenvalue weighted by molar-refractivity contribution is -0.134. The van der Waals surface area contributed by atoms with Gasteiger partial charge in [-0.25, -0.2) is 4.79 Å². The van der Waals surface area contributed by atoms with Gasteiger partial charge in [-0.1, -0.05) is 63.3 Å². The molecule has 8 nitrogen and oxygen atoms in total. The van der Waals surface area contributed by atoms with Crippen molar-refractivity contribution in [3.8, 4) is 0 Å². The quantitative estimate of drug-likeness (QED) is 0.581. The van der Waals surface area contributed by atoms with Crippen molar-refractivity contribution in [2.45, 2.75) is 96.8 Å². The normalized spacial score (nSPS) is 20.9. The summed E-state index contributed by atoms with van der Waals surface area (Å²) in [7, 11) is 0. The minimum Gasteiger partial charge on any atom is -0.461 e. The molecule has 1 aliphatic carbocycles. The highest BCUT2D eigenvalue weighted by molar-refractivity contribution is 6.01. The van der Waals surface area contributed by atoms with Gasteiger partial charge in [0.25, 0.3) is 5.91 Å². The maximum Gasteiger partial charge on any atom is 0.358 e. The summed E-state index contributed by atoms with van der Waals surface area (Å²) >= 11 is 0. The number of amides is 2.